The van der Waals surface area contributed by atoms with E-state index in [2.05, 4.69) is 16.3 Å². The SMILES string of the molecule is Cc1nnc(N2CCN(S(=O)(=O)N(C)C)CC2)c(C#N)c1C. The first-order chi connectivity index (χ1) is 10.3. The van der Waals surface area contributed by atoms with Gasteiger partial charge in [-0.3, -0.25) is 0 Å². The van der Waals surface area contributed by atoms with E-state index in [-0.39, 0.29) is 0 Å². The molecule has 0 unspecified atom stereocenters. The number of aryl methyl sites for hydroxylation is 1. The molecule has 22 heavy (non-hydrogen) atoms. The summed E-state index contributed by atoms with van der Waals surface area (Å²) in [6.07, 6.45) is 0. The zero-order valence-electron chi connectivity index (χ0n) is 13.2. The summed E-state index contributed by atoms with van der Waals surface area (Å²) in [4.78, 5) is 1.92. The Bertz CT molecular complexity index is 702. The summed E-state index contributed by atoms with van der Waals surface area (Å²) in [5, 5.41) is 17.6. The zero-order valence-corrected chi connectivity index (χ0v) is 14.1. The lowest BCUT2D eigenvalue weighted by Crippen LogP contribution is -2.52. The minimum atomic E-state index is -3.40. The second-order valence-corrected chi connectivity index (χ2v) is 7.54. The molecular formula is C13H20N6O2S. The molecule has 0 N–H and O–H groups in total. The number of nitriles is 1. The molecule has 0 aromatic carbocycles. The first-order valence-electron chi connectivity index (χ1n) is 6.95. The zero-order chi connectivity index (χ0) is 16.5. The summed E-state index contributed by atoms with van der Waals surface area (Å²) in [5.74, 6) is 0.535. The predicted octanol–water partition coefficient (Wildman–Crippen LogP) is -0.106. The Morgan fingerprint density at radius 1 is 1.14 bits per heavy atom. The lowest BCUT2D eigenvalue weighted by molar-refractivity contribution is 0.354. The van der Waals surface area contributed by atoms with Crippen LogP contribution in [0.2, 0.25) is 0 Å². The number of aromatic nitrogens is 2. The molecule has 0 radical (unpaired) electrons. The van der Waals surface area contributed by atoms with Crippen molar-refractivity contribution in [2.45, 2.75) is 13.8 Å². The van der Waals surface area contributed by atoms with Gasteiger partial charge in [-0.05, 0) is 19.4 Å². The molecule has 2 rings (SSSR count). The number of rotatable bonds is 3. The predicted molar refractivity (Wildman–Crippen MR) is 82.6 cm³/mol. The van der Waals surface area contributed by atoms with Crippen LogP contribution < -0.4 is 4.90 Å². The molecule has 0 aliphatic carbocycles. The monoisotopic (exact) mass is 324 g/mol. The van der Waals surface area contributed by atoms with Gasteiger partial charge in [-0.2, -0.15) is 27.4 Å². The molecule has 1 aliphatic heterocycles. The van der Waals surface area contributed by atoms with E-state index >= 15 is 0 Å². The van der Waals surface area contributed by atoms with E-state index < -0.39 is 10.2 Å². The van der Waals surface area contributed by atoms with Crippen LogP contribution in [0.15, 0.2) is 0 Å². The van der Waals surface area contributed by atoms with E-state index in [1.807, 2.05) is 18.7 Å². The number of hydrogen-bond acceptors (Lipinski definition) is 6. The van der Waals surface area contributed by atoms with Gasteiger partial charge in [-0.1, -0.05) is 0 Å². The maximum Gasteiger partial charge on any atom is 0.281 e. The van der Waals surface area contributed by atoms with Crippen molar-refractivity contribution in [3.63, 3.8) is 0 Å². The van der Waals surface area contributed by atoms with Crippen molar-refractivity contribution in [1.29, 1.82) is 5.26 Å². The normalized spacial score (nSPS) is 16.8. The highest BCUT2D eigenvalue weighted by molar-refractivity contribution is 7.86. The van der Waals surface area contributed by atoms with Crippen LogP contribution in [-0.4, -0.2) is 67.5 Å². The third kappa shape index (κ3) is 2.90. The number of anilines is 1. The average Bonchev–Trinajstić information content (AvgIpc) is 2.49. The Balaban J connectivity index is 2.20. The highest BCUT2D eigenvalue weighted by Gasteiger charge is 2.30. The Morgan fingerprint density at radius 3 is 2.23 bits per heavy atom. The van der Waals surface area contributed by atoms with Gasteiger partial charge in [-0.15, -0.1) is 5.10 Å². The van der Waals surface area contributed by atoms with Crippen molar-refractivity contribution >= 4 is 16.0 Å². The van der Waals surface area contributed by atoms with E-state index in [1.54, 1.807) is 0 Å². The van der Waals surface area contributed by atoms with Crippen LogP contribution in [0, 0.1) is 25.2 Å². The summed E-state index contributed by atoms with van der Waals surface area (Å²) >= 11 is 0. The van der Waals surface area contributed by atoms with Crippen LogP contribution in [0.3, 0.4) is 0 Å². The van der Waals surface area contributed by atoms with Gasteiger partial charge in [0.1, 0.15) is 11.6 Å². The van der Waals surface area contributed by atoms with Gasteiger partial charge in [-0.25, -0.2) is 0 Å². The van der Waals surface area contributed by atoms with Crippen molar-refractivity contribution in [2.24, 2.45) is 0 Å². The summed E-state index contributed by atoms with van der Waals surface area (Å²) in [7, 11) is -0.361. The molecule has 0 amide bonds. The first kappa shape index (κ1) is 16.6. The molecule has 120 valence electrons. The second-order valence-electron chi connectivity index (χ2n) is 5.40. The summed E-state index contributed by atoms with van der Waals surface area (Å²) in [6.45, 7) is 5.35. The molecule has 1 fully saturated rings. The maximum absolute atomic E-state index is 12.1. The van der Waals surface area contributed by atoms with Crippen LogP contribution in [0.25, 0.3) is 0 Å². The standard InChI is InChI=1S/C13H20N6O2S/c1-10-11(2)15-16-13(12(10)9-14)18-5-7-19(8-6-18)22(20,21)17(3)4/h5-8H2,1-4H3. The molecule has 0 saturated carbocycles. The molecule has 1 aliphatic rings. The smallest absolute Gasteiger partial charge is 0.281 e. The van der Waals surface area contributed by atoms with Crippen molar-refractivity contribution in [2.75, 3.05) is 45.2 Å². The Kier molecular flexibility index (Phi) is 4.65. The number of hydrogen-bond donors (Lipinski definition) is 0. The number of nitrogens with zero attached hydrogens (tertiary/aromatic N) is 6. The second kappa shape index (κ2) is 6.16. The van der Waals surface area contributed by atoms with Crippen LogP contribution in [0.4, 0.5) is 5.82 Å². The van der Waals surface area contributed by atoms with Gasteiger partial charge in [0.15, 0.2) is 5.82 Å². The summed E-state index contributed by atoms with van der Waals surface area (Å²) < 4.78 is 26.8. The maximum atomic E-state index is 12.1. The van der Waals surface area contributed by atoms with Crippen LogP contribution in [-0.2, 0) is 10.2 Å². The minimum absolute atomic E-state index is 0.361. The van der Waals surface area contributed by atoms with Gasteiger partial charge >= 0.3 is 0 Å². The molecular weight excluding hydrogens is 304 g/mol. The average molecular weight is 324 g/mol. The summed E-state index contributed by atoms with van der Waals surface area (Å²) in [5.41, 5.74) is 2.06. The quantitative estimate of drug-likeness (QED) is 0.770. The Hall–Kier alpha value is -1.76. The van der Waals surface area contributed by atoms with Gasteiger partial charge in [0, 0.05) is 40.3 Å². The van der Waals surface area contributed by atoms with Gasteiger partial charge in [0.05, 0.1) is 5.69 Å². The Labute approximate surface area is 131 Å². The molecule has 0 spiro atoms. The third-order valence-electron chi connectivity index (χ3n) is 3.87. The fourth-order valence-electron chi connectivity index (χ4n) is 2.31. The van der Waals surface area contributed by atoms with E-state index in [9.17, 15) is 13.7 Å². The largest absolute Gasteiger partial charge is 0.351 e. The van der Waals surface area contributed by atoms with E-state index in [1.165, 1.54) is 22.7 Å². The van der Waals surface area contributed by atoms with Crippen molar-refractivity contribution < 1.29 is 8.42 Å². The van der Waals surface area contributed by atoms with E-state index in [4.69, 9.17) is 0 Å². The lowest BCUT2D eigenvalue weighted by atomic mass is 10.1. The fraction of sp³-hybridized carbons (Fsp3) is 0.615. The van der Waals surface area contributed by atoms with Gasteiger partial charge < -0.3 is 4.90 Å². The van der Waals surface area contributed by atoms with Crippen molar-refractivity contribution in [3.05, 3.63) is 16.8 Å². The molecule has 1 aromatic heterocycles. The topological polar surface area (TPSA) is 93.4 Å². The molecule has 0 atom stereocenters. The first-order valence-corrected chi connectivity index (χ1v) is 8.35. The van der Waals surface area contributed by atoms with E-state index in [0.717, 1.165) is 11.3 Å². The third-order valence-corrected chi connectivity index (χ3v) is 5.81. The summed E-state index contributed by atoms with van der Waals surface area (Å²) in [6, 6.07) is 2.18. The molecule has 8 nitrogen and oxygen atoms in total. The van der Waals surface area contributed by atoms with Gasteiger partial charge in [0.25, 0.3) is 10.2 Å². The molecule has 0 bridgehead atoms. The number of piperazine rings is 1. The van der Waals surface area contributed by atoms with Crippen molar-refractivity contribution in [1.82, 2.24) is 18.8 Å². The highest BCUT2D eigenvalue weighted by atomic mass is 32.2. The molecule has 2 heterocycles. The van der Waals surface area contributed by atoms with Crippen LogP contribution in [0.1, 0.15) is 16.8 Å². The van der Waals surface area contributed by atoms with Crippen LogP contribution >= 0.6 is 0 Å². The van der Waals surface area contributed by atoms with E-state index in [0.29, 0.717) is 37.6 Å². The lowest BCUT2D eigenvalue weighted by Gasteiger charge is -2.35. The minimum Gasteiger partial charge on any atom is -0.351 e. The van der Waals surface area contributed by atoms with Gasteiger partial charge in [0.2, 0.25) is 0 Å². The molecule has 1 aromatic rings. The Morgan fingerprint density at radius 2 is 1.73 bits per heavy atom. The molecule has 9 heteroatoms. The molecule has 1 saturated heterocycles. The van der Waals surface area contributed by atoms with Crippen molar-refractivity contribution in [3.8, 4) is 6.07 Å². The fourth-order valence-corrected chi connectivity index (χ4v) is 3.40. The van der Waals surface area contributed by atoms with Crippen LogP contribution in [0.5, 0.6) is 0 Å². The highest BCUT2D eigenvalue weighted by Crippen LogP contribution is 2.23.